The fourth-order valence-electron chi connectivity index (χ4n) is 3.64. The molecule has 0 spiro atoms. The molecule has 23 heavy (non-hydrogen) atoms. The first-order chi connectivity index (χ1) is 11.2. The molecule has 2 amide bonds. The van der Waals surface area contributed by atoms with E-state index in [1.807, 2.05) is 4.90 Å². The van der Waals surface area contributed by atoms with Gasteiger partial charge in [0.1, 0.15) is 0 Å². The zero-order valence-corrected chi connectivity index (χ0v) is 15.6. The van der Waals surface area contributed by atoms with E-state index in [0.717, 1.165) is 58.3 Å². The lowest BCUT2D eigenvalue weighted by atomic mass is 9.94. The summed E-state index contributed by atoms with van der Waals surface area (Å²) < 4.78 is 0. The van der Waals surface area contributed by atoms with Crippen LogP contribution in [-0.4, -0.2) is 59.3 Å². The highest BCUT2D eigenvalue weighted by Gasteiger charge is 2.30. The minimum atomic E-state index is 0.139. The standard InChI is InChI=1S/C18H32N2O2S/c1-3-16(23-2)14-17(21)19-12-8-15(9-13-19)18(22)20-10-6-4-5-7-11-20/h15-16H,3-14H2,1-2H3/t16-/m0/s1. The Bertz CT molecular complexity index is 382. The number of piperidine rings is 1. The molecule has 5 heteroatoms. The fraction of sp³-hybridized carbons (Fsp3) is 0.889. The van der Waals surface area contributed by atoms with Crippen molar-refractivity contribution in [2.45, 2.75) is 63.5 Å². The molecule has 0 radical (unpaired) electrons. The Balaban J connectivity index is 1.78. The topological polar surface area (TPSA) is 40.6 Å². The number of rotatable bonds is 5. The molecule has 132 valence electrons. The average Bonchev–Trinajstić information content (AvgIpc) is 2.88. The molecule has 0 aromatic heterocycles. The Morgan fingerprint density at radius 3 is 2.13 bits per heavy atom. The SMILES string of the molecule is CC[C@@H](CC(=O)N1CCC(C(=O)N2CCCCCC2)CC1)SC. The van der Waals surface area contributed by atoms with Crippen molar-refractivity contribution in [1.29, 1.82) is 0 Å². The molecule has 1 atom stereocenters. The van der Waals surface area contributed by atoms with Gasteiger partial charge in [0.25, 0.3) is 0 Å². The Morgan fingerprint density at radius 1 is 1.00 bits per heavy atom. The monoisotopic (exact) mass is 340 g/mol. The van der Waals surface area contributed by atoms with E-state index in [2.05, 4.69) is 18.1 Å². The van der Waals surface area contributed by atoms with Gasteiger partial charge in [-0.2, -0.15) is 11.8 Å². The van der Waals surface area contributed by atoms with Crippen molar-refractivity contribution in [1.82, 2.24) is 9.80 Å². The largest absolute Gasteiger partial charge is 0.343 e. The highest BCUT2D eigenvalue weighted by atomic mass is 32.2. The van der Waals surface area contributed by atoms with Gasteiger partial charge >= 0.3 is 0 Å². The second-order valence-corrected chi connectivity index (χ2v) is 8.00. The number of hydrogen-bond acceptors (Lipinski definition) is 3. The Morgan fingerprint density at radius 2 is 1.61 bits per heavy atom. The van der Waals surface area contributed by atoms with Crippen LogP contribution in [0.3, 0.4) is 0 Å². The summed E-state index contributed by atoms with van der Waals surface area (Å²) in [6.07, 6.45) is 10.3. The molecule has 0 aromatic carbocycles. The average molecular weight is 341 g/mol. The molecular formula is C18H32N2O2S. The van der Waals surface area contributed by atoms with E-state index in [9.17, 15) is 9.59 Å². The fourth-order valence-corrected chi connectivity index (χ4v) is 4.29. The second-order valence-electron chi connectivity index (χ2n) is 6.86. The van der Waals surface area contributed by atoms with Crippen molar-refractivity contribution in [2.24, 2.45) is 5.92 Å². The molecule has 0 N–H and O–H groups in total. The maximum absolute atomic E-state index is 12.7. The smallest absolute Gasteiger partial charge is 0.225 e. The summed E-state index contributed by atoms with van der Waals surface area (Å²) in [5.41, 5.74) is 0. The van der Waals surface area contributed by atoms with E-state index in [1.165, 1.54) is 12.8 Å². The maximum atomic E-state index is 12.7. The van der Waals surface area contributed by atoms with Crippen LogP contribution in [0.15, 0.2) is 0 Å². The van der Waals surface area contributed by atoms with E-state index < -0.39 is 0 Å². The Kier molecular flexibility index (Phi) is 7.74. The number of carbonyl (C=O) groups is 2. The predicted octanol–water partition coefficient (Wildman–Crippen LogP) is 3.16. The minimum Gasteiger partial charge on any atom is -0.343 e. The molecule has 2 heterocycles. The van der Waals surface area contributed by atoms with Gasteiger partial charge in [0.2, 0.25) is 11.8 Å². The van der Waals surface area contributed by atoms with Crippen LogP contribution in [0.5, 0.6) is 0 Å². The van der Waals surface area contributed by atoms with E-state index in [1.54, 1.807) is 11.8 Å². The molecular weight excluding hydrogens is 308 g/mol. The number of hydrogen-bond donors (Lipinski definition) is 0. The third-order valence-electron chi connectivity index (χ3n) is 5.31. The van der Waals surface area contributed by atoms with Crippen molar-refractivity contribution in [3.8, 4) is 0 Å². The molecule has 0 saturated carbocycles. The first-order valence-electron chi connectivity index (χ1n) is 9.25. The van der Waals surface area contributed by atoms with E-state index in [-0.39, 0.29) is 11.8 Å². The molecule has 2 fully saturated rings. The zero-order valence-electron chi connectivity index (χ0n) is 14.8. The lowest BCUT2D eigenvalue weighted by molar-refractivity contribution is -0.140. The third-order valence-corrected chi connectivity index (χ3v) is 6.47. The quantitative estimate of drug-likeness (QED) is 0.772. The van der Waals surface area contributed by atoms with Crippen LogP contribution >= 0.6 is 11.8 Å². The first-order valence-corrected chi connectivity index (χ1v) is 10.5. The summed E-state index contributed by atoms with van der Waals surface area (Å²) in [6.45, 7) is 5.52. The van der Waals surface area contributed by atoms with Gasteiger partial charge in [-0.15, -0.1) is 0 Å². The molecule has 2 aliphatic rings. The Labute approximate surface area is 145 Å². The van der Waals surface area contributed by atoms with Crippen LogP contribution in [-0.2, 0) is 9.59 Å². The molecule has 0 unspecified atom stereocenters. The van der Waals surface area contributed by atoms with Crippen LogP contribution in [0.25, 0.3) is 0 Å². The second kappa shape index (κ2) is 9.55. The highest BCUT2D eigenvalue weighted by Crippen LogP contribution is 2.23. The Hall–Kier alpha value is -0.710. The lowest BCUT2D eigenvalue weighted by Gasteiger charge is -2.34. The number of likely N-dealkylation sites (tertiary alicyclic amines) is 2. The van der Waals surface area contributed by atoms with Gasteiger partial charge < -0.3 is 9.80 Å². The van der Waals surface area contributed by atoms with Crippen LogP contribution in [0.4, 0.5) is 0 Å². The van der Waals surface area contributed by atoms with Gasteiger partial charge in [0.15, 0.2) is 0 Å². The van der Waals surface area contributed by atoms with Crippen LogP contribution in [0.1, 0.15) is 58.3 Å². The molecule has 2 saturated heterocycles. The van der Waals surface area contributed by atoms with Crippen molar-refractivity contribution in [2.75, 3.05) is 32.4 Å². The van der Waals surface area contributed by atoms with E-state index in [4.69, 9.17) is 0 Å². The van der Waals surface area contributed by atoms with Gasteiger partial charge in [-0.3, -0.25) is 9.59 Å². The summed E-state index contributed by atoms with van der Waals surface area (Å²) in [5, 5.41) is 0.430. The highest BCUT2D eigenvalue weighted by molar-refractivity contribution is 7.99. The van der Waals surface area contributed by atoms with Gasteiger partial charge in [0.05, 0.1) is 0 Å². The zero-order chi connectivity index (χ0) is 16.7. The minimum absolute atomic E-state index is 0.139. The summed E-state index contributed by atoms with van der Waals surface area (Å²) in [7, 11) is 0. The number of amides is 2. The lowest BCUT2D eigenvalue weighted by Crippen LogP contribution is -2.45. The maximum Gasteiger partial charge on any atom is 0.225 e. The first kappa shape index (κ1) is 18.6. The van der Waals surface area contributed by atoms with Crippen LogP contribution in [0.2, 0.25) is 0 Å². The predicted molar refractivity (Wildman–Crippen MR) is 96.6 cm³/mol. The van der Waals surface area contributed by atoms with Crippen molar-refractivity contribution >= 4 is 23.6 Å². The van der Waals surface area contributed by atoms with Crippen LogP contribution < -0.4 is 0 Å². The third kappa shape index (κ3) is 5.40. The van der Waals surface area contributed by atoms with Gasteiger partial charge in [0, 0.05) is 43.8 Å². The summed E-state index contributed by atoms with van der Waals surface area (Å²) in [6, 6.07) is 0. The summed E-state index contributed by atoms with van der Waals surface area (Å²) >= 11 is 1.78. The summed E-state index contributed by atoms with van der Waals surface area (Å²) in [4.78, 5) is 29.1. The van der Waals surface area contributed by atoms with Crippen molar-refractivity contribution in [3.05, 3.63) is 0 Å². The van der Waals surface area contributed by atoms with Gasteiger partial charge in [-0.1, -0.05) is 19.8 Å². The van der Waals surface area contributed by atoms with Crippen molar-refractivity contribution < 1.29 is 9.59 Å². The molecule has 0 bridgehead atoms. The van der Waals surface area contributed by atoms with Gasteiger partial charge in [-0.25, -0.2) is 0 Å². The normalized spacial score (nSPS) is 21.8. The molecule has 0 aliphatic carbocycles. The van der Waals surface area contributed by atoms with Gasteiger partial charge in [-0.05, 0) is 38.4 Å². The molecule has 2 rings (SSSR count). The summed E-state index contributed by atoms with van der Waals surface area (Å²) in [5.74, 6) is 0.751. The van der Waals surface area contributed by atoms with Crippen molar-refractivity contribution in [3.63, 3.8) is 0 Å². The number of thioether (sulfide) groups is 1. The number of carbonyl (C=O) groups excluding carboxylic acids is 2. The molecule has 4 nitrogen and oxygen atoms in total. The number of nitrogens with zero attached hydrogens (tertiary/aromatic N) is 2. The van der Waals surface area contributed by atoms with E-state index >= 15 is 0 Å². The van der Waals surface area contributed by atoms with E-state index in [0.29, 0.717) is 17.6 Å². The van der Waals surface area contributed by atoms with Crippen LogP contribution in [0, 0.1) is 5.92 Å². The molecule has 0 aromatic rings. The molecule has 2 aliphatic heterocycles.